The zero-order valence-electron chi connectivity index (χ0n) is 15.2. The standard InChI is InChI=1S/C21H14ClF3N4O/c22-16-7-6-14(12-15(16)17-5-1-2-10-26-17)28-19(30)20(21(23,24)25)9-8-13-4-3-11-27-18(13)29-20/h1-12H,(H,27,29)(H,28,30). The van der Waals surface area contributed by atoms with Crippen molar-refractivity contribution in [2.75, 3.05) is 10.6 Å². The number of rotatable bonds is 3. The number of nitrogens with one attached hydrogen (secondary N) is 2. The second kappa shape index (κ2) is 7.46. The molecule has 0 bridgehead atoms. The Bertz CT molecular complexity index is 1130. The first-order valence-electron chi connectivity index (χ1n) is 8.82. The number of nitrogens with zero attached hydrogens (tertiary/aromatic N) is 2. The fourth-order valence-corrected chi connectivity index (χ4v) is 3.29. The van der Waals surface area contributed by atoms with Crippen molar-refractivity contribution in [2.24, 2.45) is 0 Å². The highest BCUT2D eigenvalue weighted by atomic mass is 35.5. The number of aromatic nitrogens is 2. The predicted molar refractivity (Wildman–Crippen MR) is 109 cm³/mol. The Morgan fingerprint density at radius 1 is 1.07 bits per heavy atom. The van der Waals surface area contributed by atoms with Crippen LogP contribution in [0.15, 0.2) is 67.0 Å². The molecule has 5 nitrogen and oxygen atoms in total. The van der Waals surface area contributed by atoms with Crippen LogP contribution in [-0.2, 0) is 4.79 Å². The SMILES string of the molecule is O=C(Nc1ccc(Cl)c(-c2ccccn2)c1)C1(C(F)(F)F)C=Cc2cccnc2N1. The van der Waals surface area contributed by atoms with Gasteiger partial charge in [0.1, 0.15) is 5.82 Å². The molecule has 3 heterocycles. The van der Waals surface area contributed by atoms with E-state index in [0.717, 1.165) is 6.08 Å². The van der Waals surface area contributed by atoms with Crippen LogP contribution in [0.5, 0.6) is 0 Å². The molecule has 1 aromatic carbocycles. The number of halogens is 4. The van der Waals surface area contributed by atoms with E-state index in [0.29, 0.717) is 21.8 Å². The largest absolute Gasteiger partial charge is 0.424 e. The van der Waals surface area contributed by atoms with Crippen LogP contribution in [0.4, 0.5) is 24.7 Å². The van der Waals surface area contributed by atoms with Crippen molar-refractivity contribution in [2.45, 2.75) is 11.7 Å². The molecule has 30 heavy (non-hydrogen) atoms. The first-order valence-corrected chi connectivity index (χ1v) is 9.19. The van der Waals surface area contributed by atoms with E-state index in [2.05, 4.69) is 20.6 Å². The van der Waals surface area contributed by atoms with Crippen molar-refractivity contribution >= 4 is 35.1 Å². The first kappa shape index (κ1) is 19.9. The number of fused-ring (bicyclic) bond motifs is 1. The second-order valence-electron chi connectivity index (χ2n) is 6.57. The molecular formula is C21H14ClF3N4O. The lowest BCUT2D eigenvalue weighted by Gasteiger charge is -2.35. The highest BCUT2D eigenvalue weighted by molar-refractivity contribution is 6.33. The third-order valence-electron chi connectivity index (χ3n) is 4.64. The van der Waals surface area contributed by atoms with E-state index in [9.17, 15) is 18.0 Å². The van der Waals surface area contributed by atoms with Gasteiger partial charge < -0.3 is 10.6 Å². The van der Waals surface area contributed by atoms with E-state index in [-0.39, 0.29) is 11.5 Å². The Kier molecular flexibility index (Phi) is 4.95. The number of benzene rings is 1. The van der Waals surface area contributed by atoms with Crippen LogP contribution in [0, 0.1) is 0 Å². The lowest BCUT2D eigenvalue weighted by molar-refractivity contribution is -0.172. The summed E-state index contributed by atoms with van der Waals surface area (Å²) in [5.74, 6) is -1.32. The van der Waals surface area contributed by atoms with Crippen molar-refractivity contribution in [1.82, 2.24) is 9.97 Å². The molecule has 2 N–H and O–H groups in total. The highest BCUT2D eigenvalue weighted by Crippen LogP contribution is 2.40. The van der Waals surface area contributed by atoms with Gasteiger partial charge in [-0.2, -0.15) is 13.2 Å². The molecule has 0 spiro atoms. The number of pyridine rings is 2. The number of amides is 1. The molecular weight excluding hydrogens is 417 g/mol. The third-order valence-corrected chi connectivity index (χ3v) is 4.97. The van der Waals surface area contributed by atoms with Crippen molar-refractivity contribution < 1.29 is 18.0 Å². The van der Waals surface area contributed by atoms with Gasteiger partial charge in [0.25, 0.3) is 5.91 Å². The molecule has 1 atom stereocenters. The lowest BCUT2D eigenvalue weighted by Crippen LogP contribution is -2.59. The molecule has 0 saturated heterocycles. The molecule has 1 unspecified atom stereocenters. The maximum atomic E-state index is 14.0. The van der Waals surface area contributed by atoms with E-state index < -0.39 is 17.6 Å². The number of carbonyl (C=O) groups is 1. The maximum Gasteiger partial charge on any atom is 0.424 e. The van der Waals surface area contributed by atoms with Crippen LogP contribution in [-0.4, -0.2) is 27.6 Å². The number of carbonyl (C=O) groups excluding carboxylic acids is 1. The molecule has 2 aromatic heterocycles. The third kappa shape index (κ3) is 3.50. The minimum Gasteiger partial charge on any atom is -0.345 e. The molecule has 9 heteroatoms. The van der Waals surface area contributed by atoms with Gasteiger partial charge in [0.05, 0.1) is 10.7 Å². The molecule has 1 aliphatic heterocycles. The molecule has 0 saturated carbocycles. The van der Waals surface area contributed by atoms with Crippen LogP contribution >= 0.6 is 11.6 Å². The normalized spacial score (nSPS) is 17.7. The Morgan fingerprint density at radius 2 is 1.87 bits per heavy atom. The second-order valence-corrected chi connectivity index (χ2v) is 6.98. The van der Waals surface area contributed by atoms with Crippen molar-refractivity contribution in [3.8, 4) is 11.3 Å². The molecule has 4 rings (SSSR count). The number of hydrogen-bond donors (Lipinski definition) is 2. The number of anilines is 2. The summed E-state index contributed by atoms with van der Waals surface area (Å²) in [6.07, 6.45) is 0.0210. The molecule has 152 valence electrons. The average molecular weight is 431 g/mol. The molecule has 0 aliphatic carbocycles. The molecule has 1 aliphatic rings. The van der Waals surface area contributed by atoms with Gasteiger partial charge in [0.2, 0.25) is 5.54 Å². The van der Waals surface area contributed by atoms with Crippen LogP contribution in [0.2, 0.25) is 5.02 Å². The predicted octanol–water partition coefficient (Wildman–Crippen LogP) is 5.18. The number of alkyl halides is 3. The first-order chi connectivity index (χ1) is 14.3. The zero-order valence-corrected chi connectivity index (χ0v) is 16.0. The summed E-state index contributed by atoms with van der Waals surface area (Å²) in [5, 5.41) is 4.95. The summed E-state index contributed by atoms with van der Waals surface area (Å²) in [6.45, 7) is 0. The van der Waals surface area contributed by atoms with E-state index in [1.54, 1.807) is 36.5 Å². The van der Waals surface area contributed by atoms with Gasteiger partial charge in [-0.25, -0.2) is 4.98 Å². The topological polar surface area (TPSA) is 66.9 Å². The van der Waals surface area contributed by atoms with Gasteiger partial charge in [0.15, 0.2) is 0 Å². The summed E-state index contributed by atoms with van der Waals surface area (Å²) in [6, 6.07) is 12.8. The zero-order chi connectivity index (χ0) is 21.4. The summed E-state index contributed by atoms with van der Waals surface area (Å²) in [5.41, 5.74) is -1.36. The van der Waals surface area contributed by atoms with E-state index in [1.807, 2.05) is 0 Å². The van der Waals surface area contributed by atoms with E-state index in [1.165, 1.54) is 30.5 Å². The van der Waals surface area contributed by atoms with Crippen molar-refractivity contribution in [1.29, 1.82) is 0 Å². The average Bonchev–Trinajstić information content (AvgIpc) is 2.74. The monoisotopic (exact) mass is 430 g/mol. The summed E-state index contributed by atoms with van der Waals surface area (Å²) in [7, 11) is 0. The van der Waals surface area contributed by atoms with Gasteiger partial charge in [-0.15, -0.1) is 0 Å². The summed E-state index contributed by atoms with van der Waals surface area (Å²) in [4.78, 5) is 21.0. The molecule has 1 amide bonds. The van der Waals surface area contributed by atoms with Gasteiger partial charge in [-0.1, -0.05) is 23.7 Å². The minimum atomic E-state index is -4.92. The van der Waals surface area contributed by atoms with E-state index >= 15 is 0 Å². The van der Waals surface area contributed by atoms with Crippen molar-refractivity contribution in [3.63, 3.8) is 0 Å². The summed E-state index contributed by atoms with van der Waals surface area (Å²) < 4.78 is 42.1. The Labute approximate surface area is 174 Å². The highest BCUT2D eigenvalue weighted by Gasteiger charge is 2.60. The molecule has 3 aromatic rings. The van der Waals surface area contributed by atoms with Gasteiger partial charge in [-0.05, 0) is 48.5 Å². The summed E-state index contributed by atoms with van der Waals surface area (Å²) >= 11 is 6.21. The van der Waals surface area contributed by atoms with Crippen LogP contribution in [0.3, 0.4) is 0 Å². The Balaban J connectivity index is 1.69. The Hall–Kier alpha value is -3.39. The van der Waals surface area contributed by atoms with Gasteiger partial charge >= 0.3 is 6.18 Å². The number of hydrogen-bond acceptors (Lipinski definition) is 4. The van der Waals surface area contributed by atoms with E-state index in [4.69, 9.17) is 11.6 Å². The van der Waals surface area contributed by atoms with Gasteiger partial charge in [-0.3, -0.25) is 9.78 Å². The maximum absolute atomic E-state index is 14.0. The fraction of sp³-hybridized carbons (Fsp3) is 0.0952. The van der Waals surface area contributed by atoms with Crippen molar-refractivity contribution in [3.05, 3.63) is 77.6 Å². The Morgan fingerprint density at radius 3 is 2.60 bits per heavy atom. The minimum absolute atomic E-state index is 0.0299. The fourth-order valence-electron chi connectivity index (χ4n) is 3.08. The molecule has 0 fully saturated rings. The smallest absolute Gasteiger partial charge is 0.345 e. The molecule has 0 radical (unpaired) electrons. The van der Waals surface area contributed by atoms with Gasteiger partial charge in [0, 0.05) is 29.2 Å². The van der Waals surface area contributed by atoms with Crippen LogP contribution in [0.25, 0.3) is 17.3 Å². The van der Waals surface area contributed by atoms with Crippen LogP contribution in [0.1, 0.15) is 5.56 Å². The lowest BCUT2D eigenvalue weighted by atomic mass is 9.92. The quantitative estimate of drug-likeness (QED) is 0.601. The van der Waals surface area contributed by atoms with Crippen LogP contribution < -0.4 is 10.6 Å².